The average molecular weight is 146 g/mol. The monoisotopic (exact) mass is 146 g/mol. The zero-order valence-corrected chi connectivity index (χ0v) is 6.74. The van der Waals surface area contributed by atoms with Gasteiger partial charge in [-0.15, -0.1) is 6.58 Å². The van der Waals surface area contributed by atoms with Crippen LogP contribution in [0.5, 0.6) is 0 Å². The maximum absolute atomic E-state index is 3.80. The van der Waals surface area contributed by atoms with Gasteiger partial charge in [0.05, 0.1) is 0 Å². The molecule has 0 aromatic heterocycles. The van der Waals surface area contributed by atoms with Crippen LogP contribution in [0.25, 0.3) is 0 Å². The van der Waals surface area contributed by atoms with Crippen LogP contribution in [0.4, 0.5) is 0 Å². The Morgan fingerprint density at radius 1 is 1.36 bits per heavy atom. The van der Waals surface area contributed by atoms with Crippen molar-refractivity contribution >= 4 is 0 Å². The van der Waals surface area contributed by atoms with Gasteiger partial charge in [0, 0.05) is 5.92 Å². The van der Waals surface area contributed by atoms with E-state index in [2.05, 4.69) is 31.4 Å². The molecule has 58 valence electrons. The van der Waals surface area contributed by atoms with E-state index in [4.69, 9.17) is 0 Å². The molecule has 0 fully saturated rings. The van der Waals surface area contributed by atoms with Crippen molar-refractivity contribution in [1.29, 1.82) is 0 Å². The molecule has 0 heterocycles. The summed E-state index contributed by atoms with van der Waals surface area (Å²) in [6, 6.07) is 0. The first-order chi connectivity index (χ1) is 5.38. The van der Waals surface area contributed by atoms with Crippen molar-refractivity contribution in [2.75, 3.05) is 0 Å². The Bertz CT molecular complexity index is 196. The molecule has 0 N–H and O–H groups in total. The van der Waals surface area contributed by atoms with Gasteiger partial charge >= 0.3 is 0 Å². The van der Waals surface area contributed by atoms with E-state index >= 15 is 0 Å². The lowest BCUT2D eigenvalue weighted by atomic mass is 9.95. The summed E-state index contributed by atoms with van der Waals surface area (Å²) < 4.78 is 0. The summed E-state index contributed by atoms with van der Waals surface area (Å²) in [5.41, 5.74) is 0. The molecule has 0 aromatic carbocycles. The molecule has 0 bridgehead atoms. The first-order valence-corrected chi connectivity index (χ1v) is 3.97. The van der Waals surface area contributed by atoms with Crippen molar-refractivity contribution in [3.8, 4) is 0 Å². The van der Waals surface area contributed by atoms with E-state index in [1.165, 1.54) is 0 Å². The van der Waals surface area contributed by atoms with Crippen molar-refractivity contribution in [1.82, 2.24) is 0 Å². The normalized spacial score (nSPS) is 29.5. The van der Waals surface area contributed by atoms with E-state index in [0.717, 1.165) is 6.42 Å². The number of hydrogen-bond donors (Lipinski definition) is 0. The zero-order valence-electron chi connectivity index (χ0n) is 6.74. The Hall–Kier alpha value is -1.04. The van der Waals surface area contributed by atoms with Gasteiger partial charge in [0.15, 0.2) is 0 Å². The van der Waals surface area contributed by atoms with Gasteiger partial charge in [-0.3, -0.25) is 0 Å². The maximum atomic E-state index is 3.80. The van der Waals surface area contributed by atoms with Crippen LogP contribution in [0.15, 0.2) is 49.6 Å². The van der Waals surface area contributed by atoms with Crippen LogP contribution in [0, 0.1) is 11.8 Å². The first kappa shape index (κ1) is 8.06. The number of allylic oxidation sites excluding steroid dienone is 6. The second kappa shape index (κ2) is 3.97. The summed E-state index contributed by atoms with van der Waals surface area (Å²) in [5.74, 6) is 1.15. The first-order valence-electron chi connectivity index (χ1n) is 3.97. The van der Waals surface area contributed by atoms with E-state index in [9.17, 15) is 0 Å². The van der Waals surface area contributed by atoms with Gasteiger partial charge in [-0.1, -0.05) is 43.0 Å². The molecule has 0 aromatic rings. The van der Waals surface area contributed by atoms with Crippen molar-refractivity contribution < 1.29 is 0 Å². The highest BCUT2D eigenvalue weighted by Gasteiger charge is 2.15. The lowest BCUT2D eigenvalue weighted by Gasteiger charge is -2.09. The third-order valence-corrected chi connectivity index (χ3v) is 2.03. The Morgan fingerprint density at radius 3 is 2.82 bits per heavy atom. The molecule has 0 aliphatic heterocycles. The van der Waals surface area contributed by atoms with Crippen LogP contribution in [0.1, 0.15) is 6.42 Å². The predicted octanol–water partition coefficient (Wildman–Crippen LogP) is 3.11. The molecule has 1 aliphatic carbocycles. The van der Waals surface area contributed by atoms with Gasteiger partial charge in [0.2, 0.25) is 0 Å². The highest BCUT2D eigenvalue weighted by Crippen LogP contribution is 2.26. The fraction of sp³-hybridized carbons (Fsp3) is 0.273. The van der Waals surface area contributed by atoms with Crippen molar-refractivity contribution in [3.05, 3.63) is 49.6 Å². The van der Waals surface area contributed by atoms with E-state index in [1.807, 2.05) is 18.2 Å². The fourth-order valence-corrected chi connectivity index (χ4v) is 1.36. The number of rotatable bonds is 3. The van der Waals surface area contributed by atoms with Gasteiger partial charge in [-0.25, -0.2) is 0 Å². The molecule has 0 unspecified atom stereocenters. The van der Waals surface area contributed by atoms with Gasteiger partial charge in [-0.05, 0) is 12.3 Å². The third-order valence-electron chi connectivity index (χ3n) is 2.03. The predicted molar refractivity (Wildman–Crippen MR) is 50.3 cm³/mol. The van der Waals surface area contributed by atoms with Crippen LogP contribution >= 0.6 is 0 Å². The molecule has 0 nitrogen and oxygen atoms in total. The summed E-state index contributed by atoms with van der Waals surface area (Å²) in [6.45, 7) is 7.44. The Kier molecular flexibility index (Phi) is 2.91. The molecule has 0 amide bonds. The molecule has 2 atom stereocenters. The summed E-state index contributed by atoms with van der Waals surface area (Å²) in [4.78, 5) is 0. The Balaban J connectivity index is 2.55. The zero-order chi connectivity index (χ0) is 8.10. The third kappa shape index (κ3) is 1.94. The summed E-state index contributed by atoms with van der Waals surface area (Å²) >= 11 is 0. The minimum Gasteiger partial charge on any atom is -0.103 e. The molecule has 0 spiro atoms. The minimum absolute atomic E-state index is 0.547. The average Bonchev–Trinajstić information content (AvgIpc) is 2.47. The van der Waals surface area contributed by atoms with Crippen LogP contribution in [0.3, 0.4) is 0 Å². The molecule has 0 heteroatoms. The summed E-state index contributed by atoms with van der Waals surface area (Å²) in [6.07, 6.45) is 13.6. The Morgan fingerprint density at radius 2 is 2.18 bits per heavy atom. The summed E-state index contributed by atoms with van der Waals surface area (Å²) in [7, 11) is 0. The van der Waals surface area contributed by atoms with Crippen molar-refractivity contribution in [3.63, 3.8) is 0 Å². The quantitative estimate of drug-likeness (QED) is 0.424. The molecular formula is C11H14. The molecule has 11 heavy (non-hydrogen) atoms. The molecule has 1 aliphatic rings. The second-order valence-corrected chi connectivity index (χ2v) is 2.76. The topological polar surface area (TPSA) is 0 Å². The lowest BCUT2D eigenvalue weighted by molar-refractivity contribution is 0.604. The van der Waals surface area contributed by atoms with Crippen LogP contribution in [-0.2, 0) is 0 Å². The van der Waals surface area contributed by atoms with Gasteiger partial charge in [-0.2, -0.15) is 0 Å². The molecule has 0 saturated heterocycles. The largest absolute Gasteiger partial charge is 0.103 e. The lowest BCUT2D eigenvalue weighted by Crippen LogP contribution is -2.00. The van der Waals surface area contributed by atoms with Crippen LogP contribution in [0.2, 0.25) is 0 Å². The molecule has 0 saturated carbocycles. The molecular weight excluding hydrogens is 132 g/mol. The van der Waals surface area contributed by atoms with Gasteiger partial charge < -0.3 is 0 Å². The van der Waals surface area contributed by atoms with Crippen LogP contribution in [-0.4, -0.2) is 0 Å². The smallest absolute Gasteiger partial charge is 0.00154 e. The van der Waals surface area contributed by atoms with Crippen molar-refractivity contribution in [2.24, 2.45) is 11.8 Å². The van der Waals surface area contributed by atoms with E-state index in [1.54, 1.807) is 0 Å². The Labute approximate surface area is 68.6 Å². The van der Waals surface area contributed by atoms with Gasteiger partial charge in [0.25, 0.3) is 0 Å². The van der Waals surface area contributed by atoms with Gasteiger partial charge in [0.1, 0.15) is 0 Å². The van der Waals surface area contributed by atoms with E-state index < -0.39 is 0 Å². The highest BCUT2D eigenvalue weighted by atomic mass is 14.2. The van der Waals surface area contributed by atoms with E-state index in [-0.39, 0.29) is 0 Å². The molecule has 0 radical (unpaired) electrons. The van der Waals surface area contributed by atoms with E-state index in [0.29, 0.717) is 11.8 Å². The standard InChI is InChI=1S/C11H14/c1-3-5-7-11-9-6-8-10(11)4-2/h3-7,9-11H,1-2,8H2/b7-5+/t10-,11+/m1/s1. The maximum Gasteiger partial charge on any atom is 0.00154 e. The highest BCUT2D eigenvalue weighted by molar-refractivity contribution is 5.15. The molecule has 1 rings (SSSR count). The summed E-state index contributed by atoms with van der Waals surface area (Å²) in [5, 5.41) is 0. The fourth-order valence-electron chi connectivity index (χ4n) is 1.36. The SMILES string of the molecule is C=C/C=C/[C@H]1C=CC[C@H]1C=C. The minimum atomic E-state index is 0.547. The van der Waals surface area contributed by atoms with Crippen LogP contribution < -0.4 is 0 Å². The second-order valence-electron chi connectivity index (χ2n) is 2.76. The number of hydrogen-bond acceptors (Lipinski definition) is 0. The van der Waals surface area contributed by atoms with Crippen molar-refractivity contribution in [2.45, 2.75) is 6.42 Å².